The number of benzene rings is 1. The number of carbonyl (C=O) groups is 1. The van der Waals surface area contributed by atoms with Crippen LogP contribution in [-0.2, 0) is 20.7 Å². The van der Waals surface area contributed by atoms with E-state index in [0.29, 0.717) is 31.9 Å². The molecule has 0 aromatic heterocycles. The highest BCUT2D eigenvalue weighted by atomic mass is 16.6. The number of likely N-dealkylation sites (tertiary alicyclic amines) is 1. The minimum atomic E-state index is -0.731. The van der Waals surface area contributed by atoms with Crippen LogP contribution in [0, 0.1) is 5.92 Å². The Balaban J connectivity index is 1.24. The van der Waals surface area contributed by atoms with Crippen molar-refractivity contribution in [3.05, 3.63) is 77.5 Å². The second kappa shape index (κ2) is 11.8. The first-order valence-electron chi connectivity index (χ1n) is 13.2. The second-order valence-corrected chi connectivity index (χ2v) is 9.88. The Labute approximate surface area is 213 Å². The topological polar surface area (TPSA) is 80.3 Å². The van der Waals surface area contributed by atoms with Gasteiger partial charge in [-0.25, -0.2) is 0 Å². The lowest BCUT2D eigenvalue weighted by Crippen LogP contribution is -2.52. The lowest BCUT2D eigenvalue weighted by molar-refractivity contribution is -0.122. The summed E-state index contributed by atoms with van der Waals surface area (Å²) in [5.41, 5.74) is 0.875. The zero-order chi connectivity index (χ0) is 24.7. The predicted molar refractivity (Wildman–Crippen MR) is 137 cm³/mol. The summed E-state index contributed by atoms with van der Waals surface area (Å²) in [5.74, 6) is 2.76. The van der Waals surface area contributed by atoms with Crippen LogP contribution in [0.1, 0.15) is 37.7 Å². The van der Waals surface area contributed by atoms with E-state index in [4.69, 9.17) is 14.2 Å². The van der Waals surface area contributed by atoms with E-state index < -0.39 is 6.10 Å². The first-order chi connectivity index (χ1) is 17.6. The molecule has 0 radical (unpaired) electrons. The summed E-state index contributed by atoms with van der Waals surface area (Å²) in [6, 6.07) is 7.27. The number of rotatable bonds is 9. The molecule has 0 bridgehead atoms. The van der Waals surface area contributed by atoms with E-state index in [-0.39, 0.29) is 24.3 Å². The summed E-state index contributed by atoms with van der Waals surface area (Å²) in [4.78, 5) is 15.5. The van der Waals surface area contributed by atoms with Crippen molar-refractivity contribution >= 4 is 5.91 Å². The molecule has 7 nitrogen and oxygen atoms in total. The lowest BCUT2D eigenvalue weighted by Gasteiger charge is -2.34. The molecule has 36 heavy (non-hydrogen) atoms. The molecule has 192 valence electrons. The van der Waals surface area contributed by atoms with Crippen LogP contribution in [0.2, 0.25) is 0 Å². The molecule has 1 aromatic carbocycles. The number of amides is 1. The summed E-state index contributed by atoms with van der Waals surface area (Å²) < 4.78 is 17.4. The number of hydrogen-bond acceptors (Lipinski definition) is 6. The van der Waals surface area contributed by atoms with Crippen molar-refractivity contribution < 1.29 is 24.1 Å². The first kappa shape index (κ1) is 24.7. The van der Waals surface area contributed by atoms with Crippen molar-refractivity contribution in [2.45, 2.75) is 50.7 Å². The third-order valence-corrected chi connectivity index (χ3v) is 7.09. The third kappa shape index (κ3) is 6.39. The molecule has 2 aliphatic heterocycles. The average molecular weight is 493 g/mol. The SMILES string of the molecule is O=C(Cc1cccc(OC2=CCCC=C2)c1)N[C@H](CN1CCCC1)[C@H](O)C1C=C2OCCOC2=CC1. The van der Waals surface area contributed by atoms with Gasteiger partial charge < -0.3 is 29.5 Å². The molecule has 4 aliphatic rings. The van der Waals surface area contributed by atoms with Gasteiger partial charge in [0.2, 0.25) is 5.91 Å². The van der Waals surface area contributed by atoms with Gasteiger partial charge in [0, 0.05) is 12.5 Å². The molecule has 7 heteroatoms. The summed E-state index contributed by atoms with van der Waals surface area (Å²) >= 11 is 0. The van der Waals surface area contributed by atoms with Crippen LogP contribution in [-0.4, -0.2) is 60.9 Å². The standard InChI is InChI=1S/C29H36N2O5/c32-28(18-21-7-6-10-24(17-21)36-23-8-2-1-3-9-23)30-25(20-31-13-4-5-14-31)29(33)22-11-12-26-27(19-22)35-16-15-34-26/h2,6-10,12,17,19,22,25,29,33H,1,3-5,11,13-16,18,20H2,(H,30,32)/t22?,25-,29-/m1/s1. The van der Waals surface area contributed by atoms with Gasteiger partial charge in [-0.15, -0.1) is 0 Å². The van der Waals surface area contributed by atoms with Gasteiger partial charge in [-0.1, -0.05) is 18.2 Å². The number of carbonyl (C=O) groups excluding carboxylic acids is 1. The van der Waals surface area contributed by atoms with Crippen LogP contribution >= 0.6 is 0 Å². The molecule has 2 aliphatic carbocycles. The smallest absolute Gasteiger partial charge is 0.224 e. The molecule has 0 spiro atoms. The number of aliphatic hydroxyl groups is 1. The van der Waals surface area contributed by atoms with E-state index >= 15 is 0 Å². The van der Waals surface area contributed by atoms with Crippen molar-refractivity contribution in [1.82, 2.24) is 10.2 Å². The van der Waals surface area contributed by atoms with E-state index in [1.807, 2.05) is 42.5 Å². The van der Waals surface area contributed by atoms with Crippen molar-refractivity contribution in [1.29, 1.82) is 0 Å². The Morgan fingerprint density at radius 2 is 1.97 bits per heavy atom. The molecule has 1 unspecified atom stereocenters. The molecule has 1 aromatic rings. The Morgan fingerprint density at radius 1 is 1.14 bits per heavy atom. The van der Waals surface area contributed by atoms with Gasteiger partial charge in [0.15, 0.2) is 11.5 Å². The summed E-state index contributed by atoms with van der Waals surface area (Å²) in [7, 11) is 0. The number of hydrogen-bond donors (Lipinski definition) is 2. The van der Waals surface area contributed by atoms with E-state index in [9.17, 15) is 9.90 Å². The van der Waals surface area contributed by atoms with Gasteiger partial charge >= 0.3 is 0 Å². The average Bonchev–Trinajstić information content (AvgIpc) is 3.41. The van der Waals surface area contributed by atoms with Crippen molar-refractivity contribution in [3.63, 3.8) is 0 Å². The number of nitrogens with one attached hydrogen (secondary N) is 1. The van der Waals surface area contributed by atoms with E-state index in [1.165, 1.54) is 0 Å². The summed E-state index contributed by atoms with van der Waals surface area (Å²) in [5, 5.41) is 14.5. The molecule has 2 saturated heterocycles. The normalized spacial score (nSPS) is 23.2. The Kier molecular flexibility index (Phi) is 8.08. The Hall–Kier alpha value is -3.03. The Bertz CT molecular complexity index is 1050. The maximum absolute atomic E-state index is 13.1. The van der Waals surface area contributed by atoms with Crippen LogP contribution in [0.4, 0.5) is 0 Å². The molecule has 2 heterocycles. The fourth-order valence-electron chi connectivity index (χ4n) is 5.22. The number of ether oxygens (including phenoxy) is 3. The second-order valence-electron chi connectivity index (χ2n) is 9.88. The molecule has 1 amide bonds. The molecule has 5 rings (SSSR count). The highest BCUT2D eigenvalue weighted by molar-refractivity contribution is 5.79. The van der Waals surface area contributed by atoms with Gasteiger partial charge in [-0.3, -0.25) is 4.79 Å². The summed E-state index contributed by atoms with van der Waals surface area (Å²) in [6.07, 6.45) is 14.6. The highest BCUT2D eigenvalue weighted by Crippen LogP contribution is 2.30. The van der Waals surface area contributed by atoms with Gasteiger partial charge in [0.25, 0.3) is 0 Å². The fraction of sp³-hybridized carbons (Fsp3) is 0.483. The molecular weight excluding hydrogens is 456 g/mol. The van der Waals surface area contributed by atoms with Crippen LogP contribution < -0.4 is 10.1 Å². The van der Waals surface area contributed by atoms with E-state index in [1.54, 1.807) is 0 Å². The van der Waals surface area contributed by atoms with Crippen molar-refractivity contribution in [2.75, 3.05) is 32.8 Å². The van der Waals surface area contributed by atoms with Crippen LogP contribution in [0.15, 0.2) is 71.9 Å². The molecular formula is C29H36N2O5. The van der Waals surface area contributed by atoms with Crippen molar-refractivity contribution in [3.8, 4) is 5.75 Å². The van der Waals surface area contributed by atoms with Gasteiger partial charge in [-0.2, -0.15) is 0 Å². The highest BCUT2D eigenvalue weighted by Gasteiger charge is 2.33. The number of nitrogens with zero attached hydrogens (tertiary/aromatic N) is 1. The largest absolute Gasteiger partial charge is 0.486 e. The molecule has 3 atom stereocenters. The van der Waals surface area contributed by atoms with Gasteiger partial charge in [0.1, 0.15) is 24.7 Å². The molecule has 2 fully saturated rings. The van der Waals surface area contributed by atoms with Crippen molar-refractivity contribution in [2.24, 2.45) is 5.92 Å². The number of allylic oxidation sites excluding steroid dienone is 4. The molecule has 0 saturated carbocycles. The zero-order valence-electron chi connectivity index (χ0n) is 20.7. The monoisotopic (exact) mass is 492 g/mol. The summed E-state index contributed by atoms with van der Waals surface area (Å²) in [6.45, 7) is 3.68. The van der Waals surface area contributed by atoms with E-state index in [0.717, 1.165) is 61.6 Å². The number of aliphatic hydroxyl groups excluding tert-OH is 1. The number of fused-ring (bicyclic) bond motifs is 1. The minimum absolute atomic E-state index is 0.107. The predicted octanol–water partition coefficient (Wildman–Crippen LogP) is 3.62. The first-order valence-corrected chi connectivity index (χ1v) is 13.2. The van der Waals surface area contributed by atoms with Gasteiger partial charge in [0.05, 0.1) is 18.6 Å². The van der Waals surface area contributed by atoms with Crippen LogP contribution in [0.5, 0.6) is 5.75 Å². The maximum atomic E-state index is 13.1. The quantitative estimate of drug-likeness (QED) is 0.548. The Morgan fingerprint density at radius 3 is 2.78 bits per heavy atom. The minimum Gasteiger partial charge on any atom is -0.486 e. The molecule has 2 N–H and O–H groups in total. The lowest BCUT2D eigenvalue weighted by atomic mass is 9.88. The zero-order valence-corrected chi connectivity index (χ0v) is 20.7. The van der Waals surface area contributed by atoms with Crippen LogP contribution in [0.3, 0.4) is 0 Å². The van der Waals surface area contributed by atoms with Gasteiger partial charge in [-0.05, 0) is 87.2 Å². The third-order valence-electron chi connectivity index (χ3n) is 7.09. The fourth-order valence-corrected chi connectivity index (χ4v) is 5.22. The van der Waals surface area contributed by atoms with E-state index in [2.05, 4.69) is 22.4 Å². The van der Waals surface area contributed by atoms with Crippen LogP contribution in [0.25, 0.3) is 0 Å². The maximum Gasteiger partial charge on any atom is 0.224 e.